The van der Waals surface area contributed by atoms with E-state index in [-0.39, 0.29) is 5.91 Å². The number of rotatable bonds is 0. The van der Waals surface area contributed by atoms with Crippen LogP contribution in [0.4, 0.5) is 5.69 Å². The van der Waals surface area contributed by atoms with Crippen LogP contribution in [0.25, 0.3) is 0 Å². The van der Waals surface area contributed by atoms with E-state index in [2.05, 4.69) is 15.2 Å². The van der Waals surface area contributed by atoms with Gasteiger partial charge in [-0.3, -0.25) is 4.79 Å². The minimum absolute atomic E-state index is 0.00269. The minimum atomic E-state index is -0.00269. The van der Waals surface area contributed by atoms with E-state index in [1.807, 2.05) is 17.5 Å². The van der Waals surface area contributed by atoms with Gasteiger partial charge in [0.25, 0.3) is 5.91 Å². The average molecular weight is 219 g/mol. The number of anilines is 1. The summed E-state index contributed by atoms with van der Waals surface area (Å²) in [6.07, 6.45) is 3.77. The normalized spacial score (nSPS) is 18.8. The molecule has 2 aliphatic rings. The van der Waals surface area contributed by atoms with Crippen LogP contribution in [0.2, 0.25) is 0 Å². The third-order valence-electron chi connectivity index (χ3n) is 2.48. The Labute approximate surface area is 90.9 Å². The van der Waals surface area contributed by atoms with Crippen molar-refractivity contribution < 1.29 is 4.79 Å². The van der Waals surface area contributed by atoms with E-state index in [4.69, 9.17) is 0 Å². The second-order valence-electron chi connectivity index (χ2n) is 3.36. The molecule has 15 heavy (non-hydrogen) atoms. The lowest BCUT2D eigenvalue weighted by molar-refractivity contribution is 0.0965. The first-order valence-corrected chi connectivity index (χ1v) is 5.59. The Bertz CT molecular complexity index is 475. The molecule has 0 spiro atoms. The highest BCUT2D eigenvalue weighted by Gasteiger charge is 2.26. The SMILES string of the molecule is O=C1NCC2=NC=CCN2c2ccsc21. The van der Waals surface area contributed by atoms with Crippen molar-refractivity contribution in [3.8, 4) is 0 Å². The number of carbonyl (C=O) groups excluding carboxylic acids is 1. The van der Waals surface area contributed by atoms with Crippen molar-refractivity contribution in [1.29, 1.82) is 0 Å². The van der Waals surface area contributed by atoms with Crippen molar-refractivity contribution in [3.05, 3.63) is 28.6 Å². The first-order valence-electron chi connectivity index (χ1n) is 4.71. The van der Waals surface area contributed by atoms with E-state index in [0.717, 1.165) is 22.9 Å². The summed E-state index contributed by atoms with van der Waals surface area (Å²) in [5, 5.41) is 4.79. The van der Waals surface area contributed by atoms with Gasteiger partial charge < -0.3 is 10.2 Å². The van der Waals surface area contributed by atoms with Crippen LogP contribution in [-0.4, -0.2) is 24.8 Å². The molecule has 0 saturated carbocycles. The maximum absolute atomic E-state index is 11.7. The summed E-state index contributed by atoms with van der Waals surface area (Å²) in [5.41, 5.74) is 0.970. The summed E-state index contributed by atoms with van der Waals surface area (Å²) in [6.45, 7) is 1.29. The summed E-state index contributed by atoms with van der Waals surface area (Å²) >= 11 is 1.47. The zero-order valence-corrected chi connectivity index (χ0v) is 8.75. The Morgan fingerprint density at radius 2 is 2.47 bits per heavy atom. The smallest absolute Gasteiger partial charge is 0.263 e. The fourth-order valence-electron chi connectivity index (χ4n) is 1.77. The zero-order chi connectivity index (χ0) is 10.3. The minimum Gasteiger partial charge on any atom is -0.344 e. The summed E-state index contributed by atoms with van der Waals surface area (Å²) in [6, 6.07) is 1.97. The van der Waals surface area contributed by atoms with Crippen LogP contribution >= 0.6 is 11.3 Å². The number of amides is 1. The Hall–Kier alpha value is -1.62. The topological polar surface area (TPSA) is 44.7 Å². The van der Waals surface area contributed by atoms with E-state index < -0.39 is 0 Å². The maximum Gasteiger partial charge on any atom is 0.263 e. The molecule has 0 bridgehead atoms. The number of fused-ring (bicyclic) bond motifs is 3. The van der Waals surface area contributed by atoms with Crippen LogP contribution in [0.1, 0.15) is 9.67 Å². The molecule has 5 heteroatoms. The van der Waals surface area contributed by atoms with E-state index >= 15 is 0 Å². The Morgan fingerprint density at radius 3 is 3.40 bits per heavy atom. The molecule has 0 aliphatic carbocycles. The van der Waals surface area contributed by atoms with Gasteiger partial charge in [0.2, 0.25) is 0 Å². The van der Waals surface area contributed by atoms with Crippen LogP contribution in [0.15, 0.2) is 28.7 Å². The van der Waals surface area contributed by atoms with Crippen LogP contribution in [0, 0.1) is 0 Å². The molecule has 3 heterocycles. The lowest BCUT2D eigenvalue weighted by Gasteiger charge is -2.24. The van der Waals surface area contributed by atoms with Crippen molar-refractivity contribution in [1.82, 2.24) is 5.32 Å². The van der Waals surface area contributed by atoms with E-state index in [0.29, 0.717) is 6.54 Å². The maximum atomic E-state index is 11.7. The van der Waals surface area contributed by atoms with Crippen LogP contribution in [0.3, 0.4) is 0 Å². The molecule has 1 amide bonds. The van der Waals surface area contributed by atoms with Gasteiger partial charge in [-0.15, -0.1) is 11.3 Å². The van der Waals surface area contributed by atoms with Crippen molar-refractivity contribution in [2.45, 2.75) is 0 Å². The van der Waals surface area contributed by atoms with Gasteiger partial charge in [-0.25, -0.2) is 4.99 Å². The summed E-state index contributed by atoms with van der Waals surface area (Å²) in [5.74, 6) is 0.903. The Balaban J connectivity index is 2.13. The second-order valence-corrected chi connectivity index (χ2v) is 4.27. The van der Waals surface area contributed by atoms with Gasteiger partial charge in [-0.1, -0.05) is 0 Å². The lowest BCUT2D eigenvalue weighted by atomic mass is 10.3. The third-order valence-corrected chi connectivity index (χ3v) is 3.38. The Kier molecular flexibility index (Phi) is 1.85. The van der Waals surface area contributed by atoms with E-state index in [1.54, 1.807) is 6.20 Å². The molecule has 76 valence electrons. The van der Waals surface area contributed by atoms with Crippen molar-refractivity contribution >= 4 is 28.8 Å². The van der Waals surface area contributed by atoms with Crippen molar-refractivity contribution in [2.24, 2.45) is 4.99 Å². The van der Waals surface area contributed by atoms with Crippen LogP contribution < -0.4 is 10.2 Å². The van der Waals surface area contributed by atoms with Gasteiger partial charge in [0.05, 0.1) is 12.2 Å². The van der Waals surface area contributed by atoms with Crippen LogP contribution in [0.5, 0.6) is 0 Å². The summed E-state index contributed by atoms with van der Waals surface area (Å²) in [7, 11) is 0. The zero-order valence-electron chi connectivity index (χ0n) is 7.93. The monoisotopic (exact) mass is 219 g/mol. The third kappa shape index (κ3) is 1.27. The number of carbonyl (C=O) groups is 1. The van der Waals surface area contributed by atoms with Gasteiger partial charge >= 0.3 is 0 Å². The van der Waals surface area contributed by atoms with Gasteiger partial charge in [-0.05, 0) is 17.5 Å². The van der Waals surface area contributed by atoms with Crippen LogP contribution in [-0.2, 0) is 0 Å². The largest absolute Gasteiger partial charge is 0.344 e. The quantitative estimate of drug-likeness (QED) is 0.713. The molecule has 2 aliphatic heterocycles. The highest BCUT2D eigenvalue weighted by Crippen LogP contribution is 2.28. The molecule has 0 atom stereocenters. The number of nitrogens with one attached hydrogen (secondary N) is 1. The van der Waals surface area contributed by atoms with Gasteiger partial charge in [0.1, 0.15) is 10.7 Å². The highest BCUT2D eigenvalue weighted by molar-refractivity contribution is 7.12. The number of hydrogen-bond donors (Lipinski definition) is 1. The molecule has 0 saturated heterocycles. The molecule has 0 aromatic carbocycles. The standard InChI is InChI=1S/C10H9N3OS/c14-10-9-7(2-5-15-9)13-4-1-3-11-8(13)6-12-10/h1-3,5H,4,6H2,(H,12,14). The molecular weight excluding hydrogens is 210 g/mol. The molecule has 0 unspecified atom stereocenters. The first-order chi connectivity index (χ1) is 7.36. The molecule has 1 aromatic heterocycles. The molecule has 1 N–H and O–H groups in total. The molecule has 3 rings (SSSR count). The summed E-state index contributed by atoms with van der Waals surface area (Å²) in [4.78, 5) is 18.8. The van der Waals surface area contributed by atoms with Crippen molar-refractivity contribution in [3.63, 3.8) is 0 Å². The average Bonchev–Trinajstić information content (AvgIpc) is 2.71. The van der Waals surface area contributed by atoms with E-state index in [1.165, 1.54) is 11.3 Å². The highest BCUT2D eigenvalue weighted by atomic mass is 32.1. The molecular formula is C10H9N3OS. The van der Waals surface area contributed by atoms with Gasteiger partial charge in [-0.2, -0.15) is 0 Å². The second kappa shape index (κ2) is 3.20. The Morgan fingerprint density at radius 1 is 1.53 bits per heavy atom. The van der Waals surface area contributed by atoms with E-state index in [9.17, 15) is 4.79 Å². The number of hydrogen-bond acceptors (Lipinski definition) is 4. The predicted octanol–water partition coefficient (Wildman–Crippen LogP) is 1.22. The van der Waals surface area contributed by atoms with Gasteiger partial charge in [0.15, 0.2) is 0 Å². The van der Waals surface area contributed by atoms with Gasteiger partial charge in [0, 0.05) is 12.7 Å². The fraction of sp³-hybridized carbons (Fsp3) is 0.200. The molecule has 4 nitrogen and oxygen atoms in total. The number of aliphatic imine (C=N–C) groups is 1. The number of nitrogens with zero attached hydrogens (tertiary/aromatic N) is 2. The summed E-state index contributed by atoms with van der Waals surface area (Å²) < 4.78 is 0. The number of amidine groups is 1. The molecule has 0 fully saturated rings. The number of thiophene rings is 1. The fourth-order valence-corrected chi connectivity index (χ4v) is 2.58. The lowest BCUT2D eigenvalue weighted by Crippen LogP contribution is -2.37. The molecule has 0 radical (unpaired) electrons. The first kappa shape index (κ1) is 8.67. The molecule has 1 aromatic rings. The van der Waals surface area contributed by atoms with Crippen molar-refractivity contribution in [2.75, 3.05) is 18.0 Å². The predicted molar refractivity (Wildman–Crippen MR) is 60.6 cm³/mol.